The van der Waals surface area contributed by atoms with E-state index in [4.69, 9.17) is 4.74 Å². The number of carbonyl (C=O) groups is 1. The molecule has 27 heavy (non-hydrogen) atoms. The first kappa shape index (κ1) is 19.2. The molecule has 4 nitrogen and oxygen atoms in total. The third-order valence-corrected chi connectivity index (χ3v) is 7.77. The minimum atomic E-state index is -2.91. The van der Waals surface area contributed by atoms with Crippen LogP contribution in [0.5, 0.6) is 0 Å². The Morgan fingerprint density at radius 1 is 0.963 bits per heavy atom. The highest BCUT2D eigenvalue weighted by molar-refractivity contribution is 7.78. The minimum Gasteiger partial charge on any atom is -0.462 e. The second-order valence-electron chi connectivity index (χ2n) is 6.52. The monoisotopic (exact) mass is 381 g/mol. The van der Waals surface area contributed by atoms with Gasteiger partial charge in [0.1, 0.15) is 7.14 Å². The molecule has 0 aliphatic rings. The van der Waals surface area contributed by atoms with E-state index in [1.54, 1.807) is 6.92 Å². The Labute approximate surface area is 160 Å². The highest BCUT2D eigenvalue weighted by atomic mass is 31.2. The molecule has 0 saturated carbocycles. The summed E-state index contributed by atoms with van der Waals surface area (Å²) >= 11 is 0. The van der Waals surface area contributed by atoms with Crippen molar-refractivity contribution in [1.29, 1.82) is 0 Å². The lowest BCUT2D eigenvalue weighted by Crippen LogP contribution is -2.18. The summed E-state index contributed by atoms with van der Waals surface area (Å²) in [5.41, 5.74) is 2.90. The Balaban J connectivity index is 2.08. The van der Waals surface area contributed by atoms with Crippen molar-refractivity contribution < 1.29 is 14.1 Å². The number of benzene rings is 2. The van der Waals surface area contributed by atoms with Crippen LogP contribution in [0.15, 0.2) is 60.7 Å². The molecule has 0 aliphatic carbocycles. The van der Waals surface area contributed by atoms with Gasteiger partial charge in [-0.05, 0) is 26.3 Å². The molecule has 0 fully saturated rings. The fourth-order valence-electron chi connectivity index (χ4n) is 3.37. The Bertz CT molecular complexity index is 934. The molecule has 5 heteroatoms. The Morgan fingerprint density at radius 3 is 1.96 bits per heavy atom. The molecular weight excluding hydrogens is 357 g/mol. The molecule has 0 amide bonds. The first-order chi connectivity index (χ1) is 13.0. The van der Waals surface area contributed by atoms with Crippen LogP contribution in [0.25, 0.3) is 0 Å². The zero-order valence-corrected chi connectivity index (χ0v) is 16.8. The molecule has 1 aromatic heterocycles. The Kier molecular flexibility index (Phi) is 5.67. The van der Waals surface area contributed by atoms with E-state index in [0.717, 1.165) is 27.6 Å². The maximum absolute atomic E-state index is 14.2. The molecule has 2 aromatic carbocycles. The number of nitrogens with one attached hydrogen (secondary N) is 1. The van der Waals surface area contributed by atoms with E-state index in [9.17, 15) is 9.36 Å². The fraction of sp³-hybridized carbons (Fsp3) is 0.227. The second-order valence-corrected chi connectivity index (χ2v) is 9.35. The van der Waals surface area contributed by atoms with Gasteiger partial charge < -0.3 is 14.3 Å². The number of esters is 1. The van der Waals surface area contributed by atoms with Crippen molar-refractivity contribution in [2.45, 2.75) is 26.9 Å². The first-order valence-electron chi connectivity index (χ1n) is 9.02. The van der Waals surface area contributed by atoms with Gasteiger partial charge in [0.15, 0.2) is 0 Å². The maximum atomic E-state index is 14.2. The molecule has 0 spiro atoms. The maximum Gasteiger partial charge on any atom is 0.340 e. The molecule has 1 heterocycles. The number of carbonyl (C=O) groups excluding carboxylic acids is 1. The Morgan fingerprint density at radius 2 is 1.48 bits per heavy atom. The SMILES string of the molecule is CCOC(=O)c1c(C)[nH]c(CP(=O)(c2ccccc2)c2ccccc2)c1C. The average Bonchev–Trinajstić information content (AvgIpc) is 2.96. The van der Waals surface area contributed by atoms with Gasteiger partial charge in [-0.25, -0.2) is 4.79 Å². The van der Waals surface area contributed by atoms with Gasteiger partial charge in [-0.3, -0.25) is 0 Å². The molecule has 140 valence electrons. The van der Waals surface area contributed by atoms with Crippen molar-refractivity contribution in [3.8, 4) is 0 Å². The van der Waals surface area contributed by atoms with Crippen molar-refractivity contribution >= 4 is 23.7 Å². The largest absolute Gasteiger partial charge is 0.462 e. The smallest absolute Gasteiger partial charge is 0.340 e. The molecule has 0 unspecified atom stereocenters. The van der Waals surface area contributed by atoms with E-state index >= 15 is 0 Å². The van der Waals surface area contributed by atoms with Crippen molar-refractivity contribution in [3.63, 3.8) is 0 Å². The van der Waals surface area contributed by atoms with Gasteiger partial charge in [0.05, 0.1) is 12.2 Å². The first-order valence-corrected chi connectivity index (χ1v) is 10.9. The Hall–Kier alpha value is -2.58. The summed E-state index contributed by atoms with van der Waals surface area (Å²) in [5, 5.41) is 1.61. The van der Waals surface area contributed by atoms with Crippen LogP contribution in [0.2, 0.25) is 0 Å². The molecule has 0 aliphatic heterocycles. The van der Waals surface area contributed by atoms with Crippen molar-refractivity contribution in [3.05, 3.63) is 83.2 Å². The number of aromatic nitrogens is 1. The van der Waals surface area contributed by atoms with Gasteiger partial charge in [0.2, 0.25) is 0 Å². The number of rotatable bonds is 6. The van der Waals surface area contributed by atoms with E-state index in [-0.39, 0.29) is 5.97 Å². The van der Waals surface area contributed by atoms with E-state index in [0.29, 0.717) is 18.3 Å². The summed E-state index contributed by atoms with van der Waals surface area (Å²) in [4.78, 5) is 15.6. The van der Waals surface area contributed by atoms with Crippen LogP contribution in [-0.2, 0) is 15.5 Å². The van der Waals surface area contributed by atoms with Gasteiger partial charge in [0, 0.05) is 28.2 Å². The summed E-state index contributed by atoms with van der Waals surface area (Å²) in [6, 6.07) is 19.1. The normalized spacial score (nSPS) is 11.4. The van der Waals surface area contributed by atoms with Crippen LogP contribution in [0.4, 0.5) is 0 Å². The third-order valence-electron chi connectivity index (χ3n) is 4.75. The molecule has 0 radical (unpaired) electrons. The van der Waals surface area contributed by atoms with Gasteiger partial charge in [-0.1, -0.05) is 60.7 Å². The number of ether oxygens (including phenoxy) is 1. The molecule has 1 N–H and O–H groups in total. The molecule has 0 atom stereocenters. The molecular formula is C22H24NO3P. The van der Waals surface area contributed by atoms with Gasteiger partial charge in [-0.2, -0.15) is 0 Å². The fourth-order valence-corrected chi connectivity index (χ4v) is 6.11. The van der Waals surface area contributed by atoms with Crippen molar-refractivity contribution in [2.24, 2.45) is 0 Å². The third kappa shape index (κ3) is 3.77. The molecule has 0 saturated heterocycles. The molecule has 0 bridgehead atoms. The summed E-state index contributed by atoms with van der Waals surface area (Å²) in [6.07, 6.45) is 0.326. The van der Waals surface area contributed by atoms with Crippen LogP contribution in [-0.4, -0.2) is 17.6 Å². The predicted octanol–water partition coefficient (Wildman–Crippen LogP) is 4.32. The van der Waals surface area contributed by atoms with E-state index in [2.05, 4.69) is 4.98 Å². The van der Waals surface area contributed by atoms with Crippen LogP contribution in [0, 0.1) is 13.8 Å². The number of aryl methyl sites for hydroxylation is 1. The van der Waals surface area contributed by atoms with Crippen molar-refractivity contribution in [2.75, 3.05) is 6.61 Å². The van der Waals surface area contributed by atoms with Gasteiger partial charge in [-0.15, -0.1) is 0 Å². The zero-order chi connectivity index (χ0) is 19.4. The van der Waals surface area contributed by atoms with Crippen LogP contribution < -0.4 is 10.6 Å². The lowest BCUT2D eigenvalue weighted by molar-refractivity contribution is 0.0525. The lowest BCUT2D eigenvalue weighted by atomic mass is 10.1. The van der Waals surface area contributed by atoms with Crippen LogP contribution >= 0.6 is 7.14 Å². The van der Waals surface area contributed by atoms with Crippen LogP contribution in [0.3, 0.4) is 0 Å². The topological polar surface area (TPSA) is 59.2 Å². The highest BCUT2D eigenvalue weighted by Crippen LogP contribution is 2.47. The number of hydrogen-bond donors (Lipinski definition) is 1. The molecule has 3 aromatic rings. The average molecular weight is 381 g/mol. The lowest BCUT2D eigenvalue weighted by Gasteiger charge is -2.19. The van der Waals surface area contributed by atoms with Crippen LogP contribution in [0.1, 0.15) is 34.2 Å². The van der Waals surface area contributed by atoms with E-state index < -0.39 is 7.14 Å². The molecule has 3 rings (SSSR count). The van der Waals surface area contributed by atoms with Gasteiger partial charge in [0.25, 0.3) is 0 Å². The number of H-pyrrole nitrogens is 1. The number of hydrogen-bond acceptors (Lipinski definition) is 3. The predicted molar refractivity (Wildman–Crippen MR) is 110 cm³/mol. The summed E-state index contributed by atoms with van der Waals surface area (Å²) in [6.45, 7) is 5.84. The standard InChI is InChI=1S/C22H24NO3P/c1-4-26-22(24)21-16(2)20(23-17(21)3)15-27(25,18-11-7-5-8-12-18)19-13-9-6-10-14-19/h5-14,23H,4,15H2,1-3H3. The summed E-state index contributed by atoms with van der Waals surface area (Å²) in [7, 11) is -2.91. The van der Waals surface area contributed by atoms with E-state index in [1.165, 1.54) is 0 Å². The van der Waals surface area contributed by atoms with Gasteiger partial charge >= 0.3 is 5.97 Å². The summed E-state index contributed by atoms with van der Waals surface area (Å²) in [5.74, 6) is -0.343. The number of aromatic amines is 1. The quantitative estimate of drug-likeness (QED) is 0.511. The highest BCUT2D eigenvalue weighted by Gasteiger charge is 2.30. The summed E-state index contributed by atoms with van der Waals surface area (Å²) < 4.78 is 19.4. The second kappa shape index (κ2) is 7.98. The minimum absolute atomic E-state index is 0.324. The van der Waals surface area contributed by atoms with E-state index in [1.807, 2.05) is 74.5 Å². The zero-order valence-electron chi connectivity index (χ0n) is 15.9. The van der Waals surface area contributed by atoms with Crippen molar-refractivity contribution in [1.82, 2.24) is 4.98 Å².